The minimum absolute atomic E-state index is 0.478. The molecule has 6 heteroatoms. The Hall–Kier alpha value is -0.240. The van der Waals surface area contributed by atoms with Crippen LogP contribution < -0.4 is 0 Å². The van der Waals surface area contributed by atoms with Gasteiger partial charge in [-0.2, -0.15) is 0 Å². The van der Waals surface area contributed by atoms with Crippen LogP contribution in [0.4, 0.5) is 0 Å². The molecule has 0 radical (unpaired) electrons. The summed E-state index contributed by atoms with van der Waals surface area (Å²) >= 11 is 0. The summed E-state index contributed by atoms with van der Waals surface area (Å²) in [6, 6.07) is 0. The van der Waals surface area contributed by atoms with Gasteiger partial charge in [-0.15, -0.1) is 0 Å². The Kier molecular flexibility index (Phi) is 7.79. The summed E-state index contributed by atoms with van der Waals surface area (Å²) in [6.45, 7) is 0.473. The van der Waals surface area contributed by atoms with E-state index >= 15 is 0 Å². The van der Waals surface area contributed by atoms with E-state index in [1.807, 2.05) is 0 Å². The molecule has 5 atom stereocenters. The second-order valence-electron chi connectivity index (χ2n) is 5.05. The monoisotopic (exact) mass is 293 g/mol. The molecule has 0 aromatic rings. The fourth-order valence-electron chi connectivity index (χ4n) is 2.30. The quantitative estimate of drug-likeness (QED) is 0.506. The van der Waals surface area contributed by atoms with Crippen LogP contribution in [0.1, 0.15) is 40.4 Å². The second-order valence-corrected chi connectivity index (χ2v) is 5.05. The normalized spacial score (nSPS) is 32.3. The molecule has 120 valence electrons. The number of ether oxygens (including phenoxy) is 3. The molecule has 0 amide bonds. The minimum atomic E-state index is -1.16. The first kappa shape index (κ1) is 16.1. The maximum Gasteiger partial charge on any atom is 0.186 e. The lowest BCUT2D eigenvalue weighted by Gasteiger charge is -2.20. The lowest BCUT2D eigenvalue weighted by atomic mass is 10.1. The van der Waals surface area contributed by atoms with Crippen molar-refractivity contribution >= 4 is 0 Å². The largest absolute Gasteiger partial charge is 0.394 e. The SMILES string of the molecule is [2H]CCCCCCCO[C@H]1C(OC)O[C@H]([C@H](O)CO)[C@@H]1O. The number of methoxy groups -OCH3 is 1. The van der Waals surface area contributed by atoms with Crippen LogP contribution in [-0.4, -0.2) is 66.3 Å². The molecular weight excluding hydrogens is 264 g/mol. The van der Waals surface area contributed by atoms with Gasteiger partial charge >= 0.3 is 0 Å². The molecule has 1 aliphatic rings. The third-order valence-corrected chi connectivity index (χ3v) is 3.49. The van der Waals surface area contributed by atoms with Gasteiger partial charge < -0.3 is 29.5 Å². The fraction of sp³-hybridized carbons (Fsp3) is 1.00. The van der Waals surface area contributed by atoms with Crippen molar-refractivity contribution in [2.24, 2.45) is 0 Å². The molecule has 6 nitrogen and oxygen atoms in total. The fourth-order valence-corrected chi connectivity index (χ4v) is 2.30. The summed E-state index contributed by atoms with van der Waals surface area (Å²) in [6.07, 6.45) is 0.468. The Bertz CT molecular complexity index is 268. The molecule has 1 unspecified atom stereocenters. The number of hydrogen-bond donors (Lipinski definition) is 3. The number of aliphatic hydroxyl groups excluding tert-OH is 3. The molecule has 0 saturated carbocycles. The van der Waals surface area contributed by atoms with Gasteiger partial charge in [0.2, 0.25) is 0 Å². The van der Waals surface area contributed by atoms with Crippen molar-refractivity contribution in [2.75, 3.05) is 20.3 Å². The van der Waals surface area contributed by atoms with Crippen LogP contribution in [0.25, 0.3) is 0 Å². The summed E-state index contributed by atoms with van der Waals surface area (Å²) in [5, 5.41) is 28.6. The molecular formula is C14H28O6. The number of unbranched alkanes of at least 4 members (excludes halogenated alkanes) is 4. The third kappa shape index (κ3) is 4.95. The smallest absolute Gasteiger partial charge is 0.186 e. The molecule has 1 heterocycles. The van der Waals surface area contributed by atoms with Gasteiger partial charge in [0.1, 0.15) is 24.4 Å². The van der Waals surface area contributed by atoms with E-state index in [0.717, 1.165) is 32.1 Å². The van der Waals surface area contributed by atoms with Crippen molar-refractivity contribution in [1.82, 2.24) is 0 Å². The van der Waals surface area contributed by atoms with Crippen LogP contribution >= 0.6 is 0 Å². The molecule has 20 heavy (non-hydrogen) atoms. The standard InChI is InChI=1S/C14H28O6/c1-3-4-5-6-7-8-19-13-11(17)12(10(16)9-15)20-14(13)18-2/h10-17H,3-9H2,1-2H3/t10-,11+,12-,13-,14?/m1/s1/i1D. The van der Waals surface area contributed by atoms with Crippen molar-refractivity contribution in [3.05, 3.63) is 0 Å². The Morgan fingerprint density at radius 1 is 1.30 bits per heavy atom. The van der Waals surface area contributed by atoms with Gasteiger partial charge in [0.15, 0.2) is 6.29 Å². The van der Waals surface area contributed by atoms with Crippen LogP contribution in [0.2, 0.25) is 0 Å². The molecule has 1 saturated heterocycles. The molecule has 0 aromatic heterocycles. The van der Waals surface area contributed by atoms with Gasteiger partial charge in [0.05, 0.1) is 6.61 Å². The number of hydrogen-bond acceptors (Lipinski definition) is 6. The van der Waals surface area contributed by atoms with Gasteiger partial charge in [0.25, 0.3) is 0 Å². The molecule has 0 aromatic carbocycles. The zero-order chi connectivity index (χ0) is 15.7. The summed E-state index contributed by atoms with van der Waals surface area (Å²) in [4.78, 5) is 0. The Labute approximate surface area is 122 Å². The summed E-state index contributed by atoms with van der Waals surface area (Å²) in [5.41, 5.74) is 0. The first-order chi connectivity index (χ1) is 10.2. The van der Waals surface area contributed by atoms with Crippen LogP contribution in [0.5, 0.6) is 0 Å². The summed E-state index contributed by atoms with van der Waals surface area (Å²) in [7, 11) is 1.45. The molecule has 0 spiro atoms. The van der Waals surface area contributed by atoms with Crippen LogP contribution in [0.15, 0.2) is 0 Å². The first-order valence-electron chi connectivity index (χ1n) is 7.92. The molecule has 1 aliphatic heterocycles. The van der Waals surface area contributed by atoms with Gasteiger partial charge in [-0.1, -0.05) is 32.6 Å². The van der Waals surface area contributed by atoms with E-state index < -0.39 is 37.3 Å². The van der Waals surface area contributed by atoms with E-state index in [1.54, 1.807) is 0 Å². The van der Waals surface area contributed by atoms with E-state index in [1.165, 1.54) is 7.11 Å². The van der Waals surface area contributed by atoms with E-state index in [0.29, 0.717) is 13.5 Å². The lowest BCUT2D eigenvalue weighted by molar-refractivity contribution is -0.175. The van der Waals surface area contributed by atoms with Crippen molar-refractivity contribution in [1.29, 1.82) is 0 Å². The predicted octanol–water partition coefficient (Wildman–Crippen LogP) is 0.427. The predicted molar refractivity (Wildman–Crippen MR) is 73.3 cm³/mol. The highest BCUT2D eigenvalue weighted by Crippen LogP contribution is 2.27. The van der Waals surface area contributed by atoms with Crippen LogP contribution in [0.3, 0.4) is 0 Å². The highest BCUT2D eigenvalue weighted by Gasteiger charge is 2.47. The van der Waals surface area contributed by atoms with Crippen molar-refractivity contribution in [3.63, 3.8) is 0 Å². The van der Waals surface area contributed by atoms with Gasteiger partial charge in [-0.3, -0.25) is 0 Å². The third-order valence-electron chi connectivity index (χ3n) is 3.49. The molecule has 0 aliphatic carbocycles. The average molecular weight is 293 g/mol. The molecule has 3 N–H and O–H groups in total. The lowest BCUT2D eigenvalue weighted by Crippen LogP contribution is -2.41. The highest BCUT2D eigenvalue weighted by atomic mass is 16.7. The minimum Gasteiger partial charge on any atom is -0.394 e. The molecule has 1 fully saturated rings. The molecule has 1 rings (SSSR count). The summed E-state index contributed by atoms with van der Waals surface area (Å²) < 4.78 is 23.1. The van der Waals surface area contributed by atoms with Gasteiger partial charge in [-0.25, -0.2) is 0 Å². The number of rotatable bonds is 10. The maximum atomic E-state index is 10.1. The highest BCUT2D eigenvalue weighted by molar-refractivity contribution is 4.91. The Balaban J connectivity index is 2.28. The van der Waals surface area contributed by atoms with Crippen LogP contribution in [0, 0.1) is 0 Å². The van der Waals surface area contributed by atoms with E-state index in [2.05, 4.69) is 0 Å². The zero-order valence-electron chi connectivity index (χ0n) is 13.1. The van der Waals surface area contributed by atoms with E-state index in [4.69, 9.17) is 20.7 Å². The van der Waals surface area contributed by atoms with Gasteiger partial charge in [-0.05, 0) is 6.42 Å². The number of aliphatic hydroxyl groups is 3. The van der Waals surface area contributed by atoms with E-state index in [-0.39, 0.29) is 0 Å². The van der Waals surface area contributed by atoms with Gasteiger partial charge in [0, 0.05) is 15.1 Å². The van der Waals surface area contributed by atoms with Crippen molar-refractivity contribution in [3.8, 4) is 0 Å². The maximum absolute atomic E-state index is 10.1. The Morgan fingerprint density at radius 2 is 2.05 bits per heavy atom. The molecule has 0 bridgehead atoms. The first-order valence-corrected chi connectivity index (χ1v) is 7.21. The van der Waals surface area contributed by atoms with Crippen LogP contribution in [-0.2, 0) is 14.2 Å². The zero-order valence-corrected chi connectivity index (χ0v) is 12.1. The van der Waals surface area contributed by atoms with Crippen molar-refractivity contribution in [2.45, 2.75) is 69.7 Å². The topological polar surface area (TPSA) is 88.4 Å². The second kappa shape index (κ2) is 9.65. The summed E-state index contributed by atoms with van der Waals surface area (Å²) in [5.74, 6) is 0. The van der Waals surface area contributed by atoms with Crippen molar-refractivity contribution < 1.29 is 30.9 Å². The Morgan fingerprint density at radius 3 is 2.70 bits per heavy atom. The average Bonchev–Trinajstić information content (AvgIpc) is 2.82. The van der Waals surface area contributed by atoms with E-state index in [9.17, 15) is 10.2 Å².